The summed E-state index contributed by atoms with van der Waals surface area (Å²) >= 11 is 0. The molecule has 1 amide bonds. The van der Waals surface area contributed by atoms with E-state index in [0.29, 0.717) is 0 Å². The molecular weight excluding hydrogens is 238 g/mol. The Labute approximate surface area is 114 Å². The fourth-order valence-electron chi connectivity index (χ4n) is 5.24. The van der Waals surface area contributed by atoms with Crippen molar-refractivity contribution in [3.8, 4) is 6.07 Å². The minimum atomic E-state index is -0.403. The predicted octanol–water partition coefficient (Wildman–Crippen LogP) is 1.51. The van der Waals surface area contributed by atoms with Crippen LogP contribution in [0.3, 0.4) is 0 Å². The molecule has 0 heterocycles. The van der Waals surface area contributed by atoms with Gasteiger partial charge in [0.05, 0.1) is 12.1 Å². The molecule has 4 rings (SSSR count). The van der Waals surface area contributed by atoms with Gasteiger partial charge in [0.1, 0.15) is 6.54 Å². The van der Waals surface area contributed by atoms with Crippen LogP contribution in [0.5, 0.6) is 0 Å². The average molecular weight is 261 g/mol. The summed E-state index contributed by atoms with van der Waals surface area (Å²) in [6.45, 7) is 0.138. The molecule has 2 N–H and O–H groups in total. The Morgan fingerprint density at radius 3 is 2.21 bits per heavy atom. The number of hydrogen-bond donors (Lipinski definition) is 1. The highest BCUT2D eigenvalue weighted by atomic mass is 16.2. The molecule has 0 radical (unpaired) electrons. The predicted molar refractivity (Wildman–Crippen MR) is 71.8 cm³/mol. The molecule has 104 valence electrons. The molecule has 4 bridgehead atoms. The van der Waals surface area contributed by atoms with Crippen molar-refractivity contribution in [1.29, 1.82) is 5.26 Å². The first-order valence-electron chi connectivity index (χ1n) is 7.41. The Bertz CT molecular complexity index is 390. The highest BCUT2D eigenvalue weighted by Crippen LogP contribution is 2.61. The van der Waals surface area contributed by atoms with Crippen molar-refractivity contribution in [2.24, 2.45) is 28.9 Å². The van der Waals surface area contributed by atoms with Gasteiger partial charge in [-0.3, -0.25) is 4.79 Å². The zero-order valence-electron chi connectivity index (χ0n) is 11.6. The molecule has 19 heavy (non-hydrogen) atoms. The molecule has 4 heteroatoms. The highest BCUT2D eigenvalue weighted by molar-refractivity contribution is 5.82. The smallest absolute Gasteiger partial charge is 0.240 e. The number of nitrogens with two attached hydrogens (primary N) is 1. The number of rotatable bonds is 3. The molecular formula is C15H23N3O. The molecule has 4 aliphatic rings. The Hall–Kier alpha value is -1.08. The third-order valence-electron chi connectivity index (χ3n) is 5.70. The van der Waals surface area contributed by atoms with Crippen LogP contribution in [0, 0.1) is 34.5 Å². The van der Waals surface area contributed by atoms with Crippen molar-refractivity contribution in [3.05, 3.63) is 0 Å². The van der Waals surface area contributed by atoms with E-state index in [1.54, 1.807) is 7.05 Å². The first-order valence-corrected chi connectivity index (χ1v) is 7.41. The molecule has 4 nitrogen and oxygen atoms in total. The SMILES string of the molecule is CN(CC#N)C(=O)[C@@H](N)C12CC3CC(CC(C3)C1)C2. The first-order chi connectivity index (χ1) is 9.04. The Morgan fingerprint density at radius 1 is 1.32 bits per heavy atom. The van der Waals surface area contributed by atoms with Crippen LogP contribution < -0.4 is 5.73 Å². The van der Waals surface area contributed by atoms with Crippen LogP contribution in [0.2, 0.25) is 0 Å². The van der Waals surface area contributed by atoms with E-state index in [1.165, 1.54) is 24.2 Å². The molecule has 0 aromatic rings. The molecule has 0 aromatic carbocycles. The van der Waals surface area contributed by atoms with Crippen molar-refractivity contribution in [3.63, 3.8) is 0 Å². The van der Waals surface area contributed by atoms with Crippen LogP contribution in [-0.4, -0.2) is 30.4 Å². The maximum atomic E-state index is 12.4. The van der Waals surface area contributed by atoms with Crippen LogP contribution in [0.25, 0.3) is 0 Å². The van der Waals surface area contributed by atoms with Crippen molar-refractivity contribution < 1.29 is 4.79 Å². The van der Waals surface area contributed by atoms with Gasteiger partial charge in [0.25, 0.3) is 0 Å². The second-order valence-electron chi connectivity index (χ2n) is 7.11. The summed E-state index contributed by atoms with van der Waals surface area (Å²) < 4.78 is 0. The lowest BCUT2D eigenvalue weighted by atomic mass is 9.47. The van der Waals surface area contributed by atoms with Crippen LogP contribution in [0.4, 0.5) is 0 Å². The molecule has 0 saturated heterocycles. The van der Waals surface area contributed by atoms with Gasteiger partial charge < -0.3 is 10.6 Å². The summed E-state index contributed by atoms with van der Waals surface area (Å²) in [5, 5.41) is 8.72. The van der Waals surface area contributed by atoms with E-state index in [2.05, 4.69) is 0 Å². The van der Waals surface area contributed by atoms with E-state index >= 15 is 0 Å². The fraction of sp³-hybridized carbons (Fsp3) is 0.867. The largest absolute Gasteiger partial charge is 0.331 e. The summed E-state index contributed by atoms with van der Waals surface area (Å²) in [4.78, 5) is 13.9. The van der Waals surface area contributed by atoms with Gasteiger partial charge in [-0.2, -0.15) is 5.26 Å². The minimum Gasteiger partial charge on any atom is -0.331 e. The van der Waals surface area contributed by atoms with Gasteiger partial charge in [0, 0.05) is 7.05 Å². The molecule has 0 spiro atoms. The van der Waals surface area contributed by atoms with Crippen molar-refractivity contribution in [2.45, 2.75) is 44.6 Å². The maximum absolute atomic E-state index is 12.4. The van der Waals surface area contributed by atoms with Gasteiger partial charge in [-0.1, -0.05) is 0 Å². The Morgan fingerprint density at radius 2 is 1.79 bits per heavy atom. The molecule has 4 fully saturated rings. The minimum absolute atomic E-state index is 0.0373. The quantitative estimate of drug-likeness (QED) is 0.783. The topological polar surface area (TPSA) is 70.1 Å². The van der Waals surface area contributed by atoms with Crippen molar-refractivity contribution in [2.75, 3.05) is 13.6 Å². The number of carbonyl (C=O) groups is 1. The Kier molecular flexibility index (Phi) is 3.05. The van der Waals surface area contributed by atoms with E-state index in [1.807, 2.05) is 6.07 Å². The zero-order valence-corrected chi connectivity index (χ0v) is 11.6. The number of nitrogens with zero attached hydrogens (tertiary/aromatic N) is 2. The lowest BCUT2D eigenvalue weighted by Crippen LogP contribution is -2.59. The number of likely N-dealkylation sites (N-methyl/N-ethyl adjacent to an activating group) is 1. The summed E-state index contributed by atoms with van der Waals surface area (Å²) in [5.74, 6) is 2.35. The highest BCUT2D eigenvalue weighted by Gasteiger charge is 2.55. The lowest BCUT2D eigenvalue weighted by Gasteiger charge is -2.58. The molecule has 0 aromatic heterocycles. The normalized spacial score (nSPS) is 40.8. The monoisotopic (exact) mass is 261 g/mol. The van der Waals surface area contributed by atoms with Crippen LogP contribution >= 0.6 is 0 Å². The van der Waals surface area contributed by atoms with E-state index in [4.69, 9.17) is 11.0 Å². The van der Waals surface area contributed by atoms with Crippen LogP contribution in [-0.2, 0) is 4.79 Å². The standard InChI is InChI=1S/C15H23N3O/c1-18(3-2-16)14(19)13(17)15-7-10-4-11(8-15)6-12(5-10)9-15/h10-13H,3-9,17H2,1H3/t10?,11?,12?,13-,15?/m1/s1. The third kappa shape index (κ3) is 2.04. The summed E-state index contributed by atoms with van der Waals surface area (Å²) in [6, 6.07) is 1.62. The number of hydrogen-bond acceptors (Lipinski definition) is 3. The second-order valence-corrected chi connectivity index (χ2v) is 7.11. The maximum Gasteiger partial charge on any atom is 0.240 e. The van der Waals surface area contributed by atoms with Crippen molar-refractivity contribution in [1.82, 2.24) is 4.90 Å². The fourth-order valence-corrected chi connectivity index (χ4v) is 5.24. The molecule has 0 aliphatic heterocycles. The Balaban J connectivity index is 1.78. The van der Waals surface area contributed by atoms with Crippen molar-refractivity contribution >= 4 is 5.91 Å². The van der Waals surface area contributed by atoms with Gasteiger partial charge in [0.15, 0.2) is 0 Å². The van der Waals surface area contributed by atoms with Gasteiger partial charge in [-0.05, 0) is 61.7 Å². The summed E-state index contributed by atoms with van der Waals surface area (Å²) in [5.41, 5.74) is 6.38. The number of amides is 1. The first kappa shape index (κ1) is 12.9. The number of carbonyl (C=O) groups excluding carboxylic acids is 1. The number of nitriles is 1. The zero-order chi connectivity index (χ0) is 13.6. The molecule has 1 atom stereocenters. The summed E-state index contributed by atoms with van der Waals surface area (Å²) in [7, 11) is 1.69. The van der Waals surface area contributed by atoms with E-state index < -0.39 is 6.04 Å². The van der Waals surface area contributed by atoms with Crippen LogP contribution in [0.15, 0.2) is 0 Å². The summed E-state index contributed by atoms with van der Waals surface area (Å²) in [6.07, 6.45) is 7.46. The van der Waals surface area contributed by atoms with E-state index in [9.17, 15) is 4.79 Å². The molecule has 4 saturated carbocycles. The van der Waals surface area contributed by atoms with E-state index in [0.717, 1.165) is 37.0 Å². The molecule has 0 unspecified atom stereocenters. The van der Waals surface area contributed by atoms with Gasteiger partial charge in [0.2, 0.25) is 5.91 Å². The lowest BCUT2D eigenvalue weighted by molar-refractivity contribution is -0.141. The average Bonchev–Trinajstić information content (AvgIpc) is 2.35. The van der Waals surface area contributed by atoms with Gasteiger partial charge >= 0.3 is 0 Å². The molecule has 4 aliphatic carbocycles. The van der Waals surface area contributed by atoms with E-state index in [-0.39, 0.29) is 17.9 Å². The second kappa shape index (κ2) is 4.49. The van der Waals surface area contributed by atoms with Gasteiger partial charge in [-0.15, -0.1) is 0 Å². The van der Waals surface area contributed by atoms with Gasteiger partial charge in [-0.25, -0.2) is 0 Å². The third-order valence-corrected chi connectivity index (χ3v) is 5.70. The van der Waals surface area contributed by atoms with Crippen LogP contribution in [0.1, 0.15) is 38.5 Å².